The molecule has 1 aromatic rings. The first kappa shape index (κ1) is 22.3. The van der Waals surface area contributed by atoms with E-state index in [-0.39, 0.29) is 5.56 Å². The monoisotopic (exact) mass is 401 g/mol. The number of nitrogens with two attached hydrogens (primary N) is 1. The zero-order valence-electron chi connectivity index (χ0n) is 18.2. The SMILES string of the molecule is CCCCC(O)c1c(CCC)cccc1C(=O)O.NC12CC3CC(CC(C3)C1)C2. The number of carboxylic acid groups (broad SMARTS) is 1. The Kier molecular flexibility index (Phi) is 7.39. The second-order valence-corrected chi connectivity index (χ2v) is 9.87. The van der Waals surface area contributed by atoms with E-state index in [4.69, 9.17) is 5.73 Å². The molecule has 1 unspecified atom stereocenters. The molecule has 1 atom stereocenters. The van der Waals surface area contributed by atoms with E-state index in [1.807, 2.05) is 6.07 Å². The Hall–Kier alpha value is -1.39. The predicted octanol–water partition coefficient (Wildman–Crippen LogP) is 5.47. The molecule has 0 aromatic heterocycles. The first-order chi connectivity index (χ1) is 13.8. The lowest BCUT2D eigenvalue weighted by Crippen LogP contribution is -2.55. The number of hydrogen-bond acceptors (Lipinski definition) is 3. The van der Waals surface area contributed by atoms with Crippen molar-refractivity contribution < 1.29 is 15.0 Å². The smallest absolute Gasteiger partial charge is 0.336 e. The van der Waals surface area contributed by atoms with E-state index in [2.05, 4.69) is 13.8 Å². The van der Waals surface area contributed by atoms with Crippen LogP contribution in [0.5, 0.6) is 0 Å². The number of carbonyl (C=O) groups is 1. The van der Waals surface area contributed by atoms with Crippen LogP contribution >= 0.6 is 0 Å². The maximum absolute atomic E-state index is 11.2. The first-order valence-corrected chi connectivity index (χ1v) is 11.7. The molecule has 4 nitrogen and oxygen atoms in total. The van der Waals surface area contributed by atoms with Gasteiger partial charge in [0.1, 0.15) is 0 Å². The van der Waals surface area contributed by atoms with Gasteiger partial charge in [0, 0.05) is 5.54 Å². The summed E-state index contributed by atoms with van der Waals surface area (Å²) in [5.41, 5.74) is 8.43. The van der Waals surface area contributed by atoms with Crippen LogP contribution in [0, 0.1) is 17.8 Å². The molecule has 4 aliphatic carbocycles. The Morgan fingerprint density at radius 2 is 1.69 bits per heavy atom. The Labute approximate surface area is 175 Å². The standard InChI is InChI=1S/C15H22O3.C10H17N/c1-3-5-10-13(16)14-11(7-4-2)8-6-9-12(14)15(17)18;11-10-4-7-1-8(5-10)3-9(2-7)6-10/h6,8-9,13,16H,3-5,7,10H2,1-2H3,(H,17,18);7-9H,1-6,11H2. The lowest BCUT2D eigenvalue weighted by Gasteiger charge is -2.55. The summed E-state index contributed by atoms with van der Waals surface area (Å²) in [4.78, 5) is 11.2. The quantitative estimate of drug-likeness (QED) is 0.565. The van der Waals surface area contributed by atoms with Crippen LogP contribution in [0.1, 0.15) is 106 Å². The van der Waals surface area contributed by atoms with E-state index in [0.29, 0.717) is 17.5 Å². The van der Waals surface area contributed by atoms with Gasteiger partial charge >= 0.3 is 5.97 Å². The molecule has 0 saturated heterocycles. The largest absolute Gasteiger partial charge is 0.478 e. The zero-order chi connectivity index (χ0) is 21.0. The molecule has 0 spiro atoms. The van der Waals surface area contributed by atoms with Crippen molar-refractivity contribution >= 4 is 5.97 Å². The van der Waals surface area contributed by atoms with Crippen LogP contribution in [0.15, 0.2) is 18.2 Å². The highest BCUT2D eigenvalue weighted by atomic mass is 16.4. The van der Waals surface area contributed by atoms with Gasteiger partial charge in [0.15, 0.2) is 0 Å². The van der Waals surface area contributed by atoms with Gasteiger partial charge in [-0.05, 0) is 86.3 Å². The molecule has 5 rings (SSSR count). The molecule has 162 valence electrons. The maximum Gasteiger partial charge on any atom is 0.336 e. The van der Waals surface area contributed by atoms with Gasteiger partial charge in [-0.25, -0.2) is 4.79 Å². The first-order valence-electron chi connectivity index (χ1n) is 11.7. The summed E-state index contributed by atoms with van der Waals surface area (Å²) in [6.07, 6.45) is 12.2. The maximum atomic E-state index is 11.2. The number of carboxylic acids is 1. The summed E-state index contributed by atoms with van der Waals surface area (Å²) in [5, 5.41) is 19.4. The Morgan fingerprint density at radius 1 is 1.10 bits per heavy atom. The van der Waals surface area contributed by atoms with Crippen molar-refractivity contribution in [2.75, 3.05) is 0 Å². The lowest BCUT2D eigenvalue weighted by molar-refractivity contribution is 0.000361. The normalized spacial score (nSPS) is 30.6. The van der Waals surface area contributed by atoms with Crippen molar-refractivity contribution in [2.24, 2.45) is 23.5 Å². The van der Waals surface area contributed by atoms with Crippen molar-refractivity contribution in [3.05, 3.63) is 34.9 Å². The van der Waals surface area contributed by atoms with Crippen LogP contribution in [0.3, 0.4) is 0 Å². The van der Waals surface area contributed by atoms with Gasteiger partial charge in [-0.3, -0.25) is 0 Å². The van der Waals surface area contributed by atoms with Gasteiger partial charge in [0.2, 0.25) is 0 Å². The fourth-order valence-electron chi connectivity index (χ4n) is 6.40. The highest BCUT2D eigenvalue weighted by Gasteiger charge is 2.48. The molecule has 0 aliphatic heterocycles. The van der Waals surface area contributed by atoms with Crippen molar-refractivity contribution in [2.45, 2.75) is 96.1 Å². The van der Waals surface area contributed by atoms with E-state index in [0.717, 1.165) is 49.0 Å². The van der Waals surface area contributed by atoms with Gasteiger partial charge in [0.25, 0.3) is 0 Å². The Morgan fingerprint density at radius 3 is 2.14 bits per heavy atom. The molecular formula is C25H39NO3. The van der Waals surface area contributed by atoms with Crippen molar-refractivity contribution in [1.82, 2.24) is 0 Å². The fraction of sp³-hybridized carbons (Fsp3) is 0.720. The van der Waals surface area contributed by atoms with Crippen LogP contribution in [0.25, 0.3) is 0 Å². The lowest BCUT2D eigenvalue weighted by atomic mass is 9.53. The molecule has 1 aromatic carbocycles. The highest BCUT2D eigenvalue weighted by Crippen LogP contribution is 2.54. The van der Waals surface area contributed by atoms with E-state index >= 15 is 0 Å². The van der Waals surface area contributed by atoms with E-state index in [9.17, 15) is 15.0 Å². The van der Waals surface area contributed by atoms with Crippen molar-refractivity contribution in [3.63, 3.8) is 0 Å². The molecule has 4 aliphatic rings. The Bertz CT molecular complexity index is 664. The number of hydrogen-bond donors (Lipinski definition) is 3. The number of rotatable bonds is 7. The van der Waals surface area contributed by atoms with Gasteiger partial charge in [-0.15, -0.1) is 0 Å². The fourth-order valence-corrected chi connectivity index (χ4v) is 6.40. The van der Waals surface area contributed by atoms with Crippen LogP contribution in [-0.2, 0) is 6.42 Å². The van der Waals surface area contributed by atoms with Crippen LogP contribution in [0.4, 0.5) is 0 Å². The molecule has 0 heterocycles. The van der Waals surface area contributed by atoms with Crippen molar-refractivity contribution in [3.8, 4) is 0 Å². The number of aryl methyl sites for hydroxylation is 1. The minimum atomic E-state index is -0.960. The average molecular weight is 402 g/mol. The summed E-state index contributed by atoms with van der Waals surface area (Å²) in [5.74, 6) is 2.10. The number of benzene rings is 1. The summed E-state index contributed by atoms with van der Waals surface area (Å²) >= 11 is 0. The molecule has 4 N–H and O–H groups in total. The molecule has 4 bridgehead atoms. The van der Waals surface area contributed by atoms with Crippen LogP contribution < -0.4 is 5.73 Å². The summed E-state index contributed by atoms with van der Waals surface area (Å²) in [6.45, 7) is 4.11. The average Bonchev–Trinajstić information content (AvgIpc) is 2.64. The molecule has 29 heavy (non-hydrogen) atoms. The Balaban J connectivity index is 0.000000183. The number of aliphatic hydroxyl groups is 1. The minimum absolute atomic E-state index is 0.240. The summed E-state index contributed by atoms with van der Waals surface area (Å²) in [7, 11) is 0. The van der Waals surface area contributed by atoms with Gasteiger partial charge in [-0.2, -0.15) is 0 Å². The predicted molar refractivity (Wildman–Crippen MR) is 117 cm³/mol. The van der Waals surface area contributed by atoms with Gasteiger partial charge in [-0.1, -0.05) is 45.2 Å². The second-order valence-electron chi connectivity index (χ2n) is 9.87. The van der Waals surface area contributed by atoms with Gasteiger partial charge in [0.05, 0.1) is 11.7 Å². The number of unbranched alkanes of at least 4 members (excludes halogenated alkanes) is 1. The second kappa shape index (κ2) is 9.61. The molecule has 4 fully saturated rings. The van der Waals surface area contributed by atoms with Gasteiger partial charge < -0.3 is 15.9 Å². The number of aromatic carboxylic acids is 1. The minimum Gasteiger partial charge on any atom is -0.478 e. The topological polar surface area (TPSA) is 83.5 Å². The third-order valence-electron chi connectivity index (χ3n) is 7.20. The summed E-state index contributed by atoms with van der Waals surface area (Å²) in [6, 6.07) is 5.25. The molecule has 0 amide bonds. The summed E-state index contributed by atoms with van der Waals surface area (Å²) < 4.78 is 0. The zero-order valence-corrected chi connectivity index (χ0v) is 18.2. The third-order valence-corrected chi connectivity index (χ3v) is 7.20. The van der Waals surface area contributed by atoms with E-state index in [1.165, 1.54) is 38.5 Å². The molecule has 0 radical (unpaired) electrons. The van der Waals surface area contributed by atoms with Crippen LogP contribution in [0.2, 0.25) is 0 Å². The molecular weight excluding hydrogens is 362 g/mol. The molecule has 4 saturated carbocycles. The number of aliphatic hydroxyl groups excluding tert-OH is 1. The third kappa shape index (κ3) is 5.40. The van der Waals surface area contributed by atoms with E-state index in [1.54, 1.807) is 12.1 Å². The van der Waals surface area contributed by atoms with Crippen molar-refractivity contribution in [1.29, 1.82) is 0 Å². The highest BCUT2D eigenvalue weighted by molar-refractivity contribution is 5.90. The molecule has 4 heteroatoms. The van der Waals surface area contributed by atoms with E-state index < -0.39 is 12.1 Å². The van der Waals surface area contributed by atoms with Crippen LogP contribution in [-0.4, -0.2) is 21.7 Å².